The molecule has 1 saturated carbocycles. The minimum Gasteiger partial charge on any atom is -0.484 e. The standard InChI is InChI=1S/C15H15BrClNO2/c16-10-1-6-15(14(17)7-10)19-9-13-5-4-12(20-13)8-18-11-2-3-11/h1,4-7,11,18H,2-3,8-9H2. The van der Waals surface area contributed by atoms with Crippen LogP contribution in [0, 0.1) is 0 Å². The van der Waals surface area contributed by atoms with Crippen molar-refractivity contribution >= 4 is 27.5 Å². The fourth-order valence-corrected chi connectivity index (χ4v) is 2.60. The van der Waals surface area contributed by atoms with Crippen LogP contribution in [0.2, 0.25) is 5.02 Å². The van der Waals surface area contributed by atoms with Gasteiger partial charge in [0.2, 0.25) is 0 Å². The first-order chi connectivity index (χ1) is 9.70. The third-order valence-electron chi connectivity index (χ3n) is 3.12. The van der Waals surface area contributed by atoms with Crippen molar-refractivity contribution in [3.63, 3.8) is 0 Å². The second-order valence-corrected chi connectivity index (χ2v) is 6.21. The van der Waals surface area contributed by atoms with E-state index < -0.39 is 0 Å². The molecule has 1 aliphatic rings. The van der Waals surface area contributed by atoms with Gasteiger partial charge in [-0.25, -0.2) is 0 Å². The lowest BCUT2D eigenvalue weighted by Crippen LogP contribution is -2.14. The van der Waals surface area contributed by atoms with Gasteiger partial charge < -0.3 is 14.5 Å². The van der Waals surface area contributed by atoms with Gasteiger partial charge in [-0.15, -0.1) is 0 Å². The Morgan fingerprint density at radius 3 is 2.80 bits per heavy atom. The van der Waals surface area contributed by atoms with E-state index in [1.807, 2.05) is 30.3 Å². The Morgan fingerprint density at radius 1 is 1.25 bits per heavy atom. The molecule has 106 valence electrons. The predicted octanol–water partition coefficient (Wildman–Crippen LogP) is 4.53. The Balaban J connectivity index is 1.54. The predicted molar refractivity (Wildman–Crippen MR) is 82.1 cm³/mol. The second-order valence-electron chi connectivity index (χ2n) is 4.89. The van der Waals surface area contributed by atoms with Crippen LogP contribution in [0.15, 0.2) is 39.2 Å². The smallest absolute Gasteiger partial charge is 0.146 e. The second kappa shape index (κ2) is 6.20. The highest BCUT2D eigenvalue weighted by Gasteiger charge is 2.20. The van der Waals surface area contributed by atoms with Gasteiger partial charge in [0, 0.05) is 10.5 Å². The van der Waals surface area contributed by atoms with Crippen LogP contribution in [0.5, 0.6) is 5.75 Å². The maximum absolute atomic E-state index is 6.10. The lowest BCUT2D eigenvalue weighted by Gasteiger charge is -2.06. The van der Waals surface area contributed by atoms with E-state index in [1.165, 1.54) is 12.8 Å². The first-order valence-corrected chi connectivity index (χ1v) is 7.76. The van der Waals surface area contributed by atoms with Crippen molar-refractivity contribution in [2.24, 2.45) is 0 Å². The average Bonchev–Trinajstić information content (AvgIpc) is 3.14. The number of furan rings is 1. The van der Waals surface area contributed by atoms with Crippen LogP contribution < -0.4 is 10.1 Å². The van der Waals surface area contributed by atoms with Gasteiger partial charge >= 0.3 is 0 Å². The van der Waals surface area contributed by atoms with Crippen molar-refractivity contribution in [2.45, 2.75) is 32.0 Å². The molecule has 1 N–H and O–H groups in total. The number of benzene rings is 1. The Labute approximate surface area is 131 Å². The third-order valence-corrected chi connectivity index (χ3v) is 3.91. The van der Waals surface area contributed by atoms with E-state index in [-0.39, 0.29) is 0 Å². The first kappa shape index (κ1) is 14.0. The van der Waals surface area contributed by atoms with Gasteiger partial charge in [0.05, 0.1) is 11.6 Å². The van der Waals surface area contributed by atoms with Crippen molar-refractivity contribution in [1.29, 1.82) is 0 Å². The molecule has 1 aliphatic carbocycles. The molecule has 0 unspecified atom stereocenters. The van der Waals surface area contributed by atoms with Crippen LogP contribution >= 0.6 is 27.5 Å². The quantitative estimate of drug-likeness (QED) is 0.826. The topological polar surface area (TPSA) is 34.4 Å². The zero-order chi connectivity index (χ0) is 13.9. The average molecular weight is 357 g/mol. The van der Waals surface area contributed by atoms with E-state index in [1.54, 1.807) is 0 Å². The summed E-state index contributed by atoms with van der Waals surface area (Å²) < 4.78 is 12.3. The molecular weight excluding hydrogens is 342 g/mol. The minimum absolute atomic E-state index is 0.380. The molecule has 3 rings (SSSR count). The van der Waals surface area contributed by atoms with Crippen LogP contribution in [0.4, 0.5) is 0 Å². The number of hydrogen-bond donors (Lipinski definition) is 1. The minimum atomic E-state index is 0.380. The highest BCUT2D eigenvalue weighted by atomic mass is 79.9. The molecular formula is C15H15BrClNO2. The molecule has 0 spiro atoms. The molecule has 0 atom stereocenters. The molecule has 0 radical (unpaired) electrons. The van der Waals surface area contributed by atoms with E-state index >= 15 is 0 Å². The zero-order valence-corrected chi connectivity index (χ0v) is 13.2. The first-order valence-electron chi connectivity index (χ1n) is 6.59. The molecule has 5 heteroatoms. The molecule has 1 aromatic heterocycles. The van der Waals surface area contributed by atoms with Crippen LogP contribution in [0.1, 0.15) is 24.4 Å². The van der Waals surface area contributed by atoms with E-state index in [9.17, 15) is 0 Å². The lowest BCUT2D eigenvalue weighted by molar-refractivity contribution is 0.265. The van der Waals surface area contributed by atoms with Crippen molar-refractivity contribution in [3.8, 4) is 5.75 Å². The van der Waals surface area contributed by atoms with Gasteiger partial charge in [-0.1, -0.05) is 27.5 Å². The Morgan fingerprint density at radius 2 is 2.05 bits per heavy atom. The van der Waals surface area contributed by atoms with Crippen molar-refractivity contribution in [1.82, 2.24) is 5.32 Å². The van der Waals surface area contributed by atoms with E-state index in [2.05, 4.69) is 21.2 Å². The third kappa shape index (κ3) is 3.78. The molecule has 2 aromatic rings. The van der Waals surface area contributed by atoms with Gasteiger partial charge in [0.1, 0.15) is 23.9 Å². The number of nitrogens with one attached hydrogen (secondary N) is 1. The van der Waals surface area contributed by atoms with E-state index in [0.29, 0.717) is 23.4 Å². The van der Waals surface area contributed by atoms with Gasteiger partial charge in [-0.2, -0.15) is 0 Å². The summed E-state index contributed by atoms with van der Waals surface area (Å²) in [6.07, 6.45) is 2.55. The maximum atomic E-state index is 6.10. The molecule has 3 nitrogen and oxygen atoms in total. The molecule has 1 heterocycles. The normalized spacial score (nSPS) is 14.5. The summed E-state index contributed by atoms with van der Waals surface area (Å²) in [5, 5.41) is 4.00. The summed E-state index contributed by atoms with van der Waals surface area (Å²) in [6.45, 7) is 1.16. The molecule has 20 heavy (non-hydrogen) atoms. The van der Waals surface area contributed by atoms with Gasteiger partial charge in [0.15, 0.2) is 0 Å². The summed E-state index contributed by atoms with van der Waals surface area (Å²) in [7, 11) is 0. The Hall–Kier alpha value is -0.970. The molecule has 0 aliphatic heterocycles. The number of ether oxygens (including phenoxy) is 1. The number of halogens is 2. The summed E-state index contributed by atoms with van der Waals surface area (Å²) in [5.41, 5.74) is 0. The molecule has 0 amide bonds. The van der Waals surface area contributed by atoms with Crippen molar-refractivity contribution < 1.29 is 9.15 Å². The summed E-state index contributed by atoms with van der Waals surface area (Å²) in [5.74, 6) is 2.40. The lowest BCUT2D eigenvalue weighted by atomic mass is 10.3. The maximum Gasteiger partial charge on any atom is 0.146 e. The molecule has 1 fully saturated rings. The summed E-state index contributed by atoms with van der Waals surface area (Å²) >= 11 is 9.46. The van der Waals surface area contributed by atoms with E-state index in [4.69, 9.17) is 20.8 Å². The molecule has 1 aromatic carbocycles. The van der Waals surface area contributed by atoms with Crippen molar-refractivity contribution in [3.05, 3.63) is 51.3 Å². The zero-order valence-electron chi connectivity index (χ0n) is 10.9. The number of hydrogen-bond acceptors (Lipinski definition) is 3. The van der Waals surface area contributed by atoms with Crippen molar-refractivity contribution in [2.75, 3.05) is 0 Å². The summed E-state index contributed by atoms with van der Waals surface area (Å²) in [6, 6.07) is 10.2. The fraction of sp³-hybridized carbons (Fsp3) is 0.333. The van der Waals surface area contributed by atoms with Gasteiger partial charge in [-0.3, -0.25) is 0 Å². The Bertz CT molecular complexity index is 595. The van der Waals surface area contributed by atoms with Crippen LogP contribution in [0.3, 0.4) is 0 Å². The molecule has 0 bridgehead atoms. The monoisotopic (exact) mass is 355 g/mol. The fourth-order valence-electron chi connectivity index (χ4n) is 1.87. The number of rotatable bonds is 6. The van der Waals surface area contributed by atoms with E-state index in [0.717, 1.165) is 22.5 Å². The molecule has 0 saturated heterocycles. The Kier molecular flexibility index (Phi) is 4.34. The highest BCUT2D eigenvalue weighted by Crippen LogP contribution is 2.28. The van der Waals surface area contributed by atoms with Gasteiger partial charge in [0.25, 0.3) is 0 Å². The highest BCUT2D eigenvalue weighted by molar-refractivity contribution is 9.10. The van der Waals surface area contributed by atoms with Crippen LogP contribution in [0.25, 0.3) is 0 Å². The SMILES string of the molecule is Clc1cc(Br)ccc1OCc1ccc(CNC2CC2)o1. The summed E-state index contributed by atoms with van der Waals surface area (Å²) in [4.78, 5) is 0. The van der Waals surface area contributed by atoms with Crippen LogP contribution in [-0.2, 0) is 13.2 Å². The van der Waals surface area contributed by atoms with Gasteiger partial charge in [-0.05, 0) is 43.2 Å². The largest absolute Gasteiger partial charge is 0.484 e. The van der Waals surface area contributed by atoms with Crippen LogP contribution in [-0.4, -0.2) is 6.04 Å².